The molecule has 0 spiro atoms. The summed E-state index contributed by atoms with van der Waals surface area (Å²) in [5, 5.41) is 0. The number of benzene rings is 1. The van der Waals surface area contributed by atoms with E-state index in [0.717, 1.165) is 24.9 Å². The molecule has 0 aliphatic rings. The topological polar surface area (TPSA) is 3.24 Å². The van der Waals surface area contributed by atoms with Crippen LogP contribution in [0.2, 0.25) is 0 Å². The minimum atomic E-state index is -4.26. The maximum atomic E-state index is 12.6. The second kappa shape index (κ2) is 7.11. The third-order valence-electron chi connectivity index (χ3n) is 3.67. The van der Waals surface area contributed by atoms with Gasteiger partial charge in [0.25, 0.3) is 0 Å². The molecule has 114 valence electrons. The molecule has 4 heteroatoms. The highest BCUT2D eigenvalue weighted by atomic mass is 19.4. The zero-order valence-corrected chi connectivity index (χ0v) is 12.7. The van der Waals surface area contributed by atoms with Crippen LogP contribution < -0.4 is 0 Å². The highest BCUT2D eigenvalue weighted by Crippen LogP contribution is 2.32. The van der Waals surface area contributed by atoms with Gasteiger partial charge >= 0.3 is 6.18 Å². The van der Waals surface area contributed by atoms with Gasteiger partial charge in [-0.25, -0.2) is 0 Å². The quantitative estimate of drug-likeness (QED) is 0.700. The van der Waals surface area contributed by atoms with Crippen LogP contribution in [0.1, 0.15) is 50.8 Å². The maximum Gasteiger partial charge on any atom is 0.416 e. The van der Waals surface area contributed by atoms with Crippen LogP contribution in [0.4, 0.5) is 13.2 Å². The predicted molar refractivity (Wildman–Crippen MR) is 76.6 cm³/mol. The van der Waals surface area contributed by atoms with Gasteiger partial charge in [-0.1, -0.05) is 32.9 Å². The summed E-state index contributed by atoms with van der Waals surface area (Å²) in [7, 11) is 2.02. The van der Waals surface area contributed by atoms with Crippen LogP contribution in [-0.2, 0) is 6.18 Å². The predicted octanol–water partition coefficient (Wildman–Crippen LogP) is 5.13. The van der Waals surface area contributed by atoms with Gasteiger partial charge in [-0.15, -0.1) is 0 Å². The molecule has 1 aromatic rings. The zero-order valence-electron chi connectivity index (χ0n) is 12.7. The highest BCUT2D eigenvalue weighted by molar-refractivity contribution is 5.26. The molecule has 0 amide bonds. The highest BCUT2D eigenvalue weighted by Gasteiger charge is 2.30. The van der Waals surface area contributed by atoms with Crippen molar-refractivity contribution >= 4 is 0 Å². The molecular formula is C16H24F3N. The number of hydrogen-bond donors (Lipinski definition) is 0. The zero-order chi connectivity index (χ0) is 15.3. The van der Waals surface area contributed by atoms with Gasteiger partial charge in [0, 0.05) is 6.04 Å². The SMILES string of the molecule is CCN(C)C(CCC(C)C)c1ccc(C(F)(F)F)cc1. The summed E-state index contributed by atoms with van der Waals surface area (Å²) in [5.74, 6) is 0.595. The molecule has 0 heterocycles. The number of alkyl halides is 3. The van der Waals surface area contributed by atoms with Crippen LogP contribution in [0.15, 0.2) is 24.3 Å². The Morgan fingerprint density at radius 1 is 1.05 bits per heavy atom. The van der Waals surface area contributed by atoms with Crippen LogP contribution in [0.5, 0.6) is 0 Å². The van der Waals surface area contributed by atoms with E-state index in [9.17, 15) is 13.2 Å². The molecule has 0 saturated carbocycles. The number of hydrogen-bond acceptors (Lipinski definition) is 1. The monoisotopic (exact) mass is 287 g/mol. The molecule has 1 rings (SSSR count). The first-order valence-electron chi connectivity index (χ1n) is 7.13. The average molecular weight is 287 g/mol. The number of halogens is 3. The smallest absolute Gasteiger partial charge is 0.300 e. The molecule has 1 unspecified atom stereocenters. The van der Waals surface area contributed by atoms with Gasteiger partial charge < -0.3 is 0 Å². The fourth-order valence-electron chi connectivity index (χ4n) is 2.25. The standard InChI is InChI=1S/C16H24F3N/c1-5-20(4)15(11-6-12(2)3)13-7-9-14(10-8-13)16(17,18)19/h7-10,12,15H,5-6,11H2,1-4H3. The molecule has 0 N–H and O–H groups in total. The van der Waals surface area contributed by atoms with Crippen molar-refractivity contribution in [3.63, 3.8) is 0 Å². The van der Waals surface area contributed by atoms with Gasteiger partial charge in [-0.05, 0) is 50.0 Å². The lowest BCUT2D eigenvalue weighted by molar-refractivity contribution is -0.137. The van der Waals surface area contributed by atoms with Crippen molar-refractivity contribution in [2.24, 2.45) is 5.92 Å². The lowest BCUT2D eigenvalue weighted by Crippen LogP contribution is -2.24. The van der Waals surface area contributed by atoms with Crippen LogP contribution in [0.3, 0.4) is 0 Å². The molecule has 0 aliphatic carbocycles. The van der Waals surface area contributed by atoms with Crippen molar-refractivity contribution in [3.8, 4) is 0 Å². The van der Waals surface area contributed by atoms with Crippen molar-refractivity contribution < 1.29 is 13.2 Å². The van der Waals surface area contributed by atoms with Crippen molar-refractivity contribution in [3.05, 3.63) is 35.4 Å². The van der Waals surface area contributed by atoms with E-state index in [0.29, 0.717) is 5.92 Å². The Kier molecular flexibility index (Phi) is 6.06. The van der Waals surface area contributed by atoms with Gasteiger partial charge in [-0.3, -0.25) is 4.90 Å². The lowest BCUT2D eigenvalue weighted by Gasteiger charge is -2.28. The Hall–Kier alpha value is -1.03. The van der Waals surface area contributed by atoms with Crippen LogP contribution in [-0.4, -0.2) is 18.5 Å². The summed E-state index contributed by atoms with van der Waals surface area (Å²) in [6.07, 6.45) is -2.23. The third kappa shape index (κ3) is 4.82. The minimum Gasteiger partial charge on any atom is -0.300 e. The first-order valence-corrected chi connectivity index (χ1v) is 7.13. The second-order valence-corrected chi connectivity index (χ2v) is 5.68. The molecule has 0 aliphatic heterocycles. The molecule has 1 nitrogen and oxygen atoms in total. The summed E-state index contributed by atoms with van der Waals surface area (Å²) < 4.78 is 37.8. The van der Waals surface area contributed by atoms with E-state index in [2.05, 4.69) is 25.7 Å². The number of rotatable bonds is 6. The van der Waals surface area contributed by atoms with Crippen molar-refractivity contribution in [1.82, 2.24) is 4.90 Å². The Morgan fingerprint density at radius 3 is 2.00 bits per heavy atom. The molecule has 20 heavy (non-hydrogen) atoms. The first-order chi connectivity index (χ1) is 9.25. The Balaban J connectivity index is 2.90. The first kappa shape index (κ1) is 17.0. The molecule has 0 bridgehead atoms. The second-order valence-electron chi connectivity index (χ2n) is 5.68. The Labute approximate surface area is 119 Å². The van der Waals surface area contributed by atoms with E-state index < -0.39 is 11.7 Å². The minimum absolute atomic E-state index is 0.185. The van der Waals surface area contributed by atoms with Gasteiger partial charge in [0.2, 0.25) is 0 Å². The van der Waals surface area contributed by atoms with Crippen LogP contribution >= 0.6 is 0 Å². The Bertz CT molecular complexity index is 395. The van der Waals surface area contributed by atoms with Gasteiger partial charge in [-0.2, -0.15) is 13.2 Å². The molecule has 1 atom stereocenters. The average Bonchev–Trinajstić information content (AvgIpc) is 2.37. The molecular weight excluding hydrogens is 263 g/mol. The van der Waals surface area contributed by atoms with Gasteiger partial charge in [0.1, 0.15) is 0 Å². The molecule has 0 fully saturated rings. The van der Waals surface area contributed by atoms with Gasteiger partial charge in [0.15, 0.2) is 0 Å². The third-order valence-corrected chi connectivity index (χ3v) is 3.67. The van der Waals surface area contributed by atoms with E-state index in [1.54, 1.807) is 12.1 Å². The summed E-state index contributed by atoms with van der Waals surface area (Å²) >= 11 is 0. The van der Waals surface area contributed by atoms with E-state index in [1.807, 2.05) is 7.05 Å². The fraction of sp³-hybridized carbons (Fsp3) is 0.625. The summed E-state index contributed by atoms with van der Waals surface area (Å²) in [6, 6.07) is 5.77. The van der Waals surface area contributed by atoms with E-state index in [4.69, 9.17) is 0 Å². The summed E-state index contributed by atoms with van der Waals surface area (Å²) in [4.78, 5) is 2.19. The molecule has 0 aromatic heterocycles. The normalized spacial score (nSPS) is 14.1. The fourth-order valence-corrected chi connectivity index (χ4v) is 2.25. The van der Waals surface area contributed by atoms with E-state index in [1.165, 1.54) is 12.1 Å². The van der Waals surface area contributed by atoms with Crippen molar-refractivity contribution in [2.75, 3.05) is 13.6 Å². The molecule has 0 radical (unpaired) electrons. The van der Waals surface area contributed by atoms with E-state index >= 15 is 0 Å². The largest absolute Gasteiger partial charge is 0.416 e. The van der Waals surface area contributed by atoms with Crippen LogP contribution in [0, 0.1) is 5.92 Å². The molecule has 0 saturated heterocycles. The van der Waals surface area contributed by atoms with Crippen molar-refractivity contribution in [1.29, 1.82) is 0 Å². The van der Waals surface area contributed by atoms with Crippen LogP contribution in [0.25, 0.3) is 0 Å². The number of nitrogens with zero attached hydrogens (tertiary/aromatic N) is 1. The Morgan fingerprint density at radius 2 is 1.60 bits per heavy atom. The summed E-state index contributed by atoms with van der Waals surface area (Å²) in [5.41, 5.74) is 0.381. The molecule has 1 aromatic carbocycles. The van der Waals surface area contributed by atoms with Crippen molar-refractivity contribution in [2.45, 2.75) is 45.8 Å². The summed E-state index contributed by atoms with van der Waals surface area (Å²) in [6.45, 7) is 7.27. The van der Waals surface area contributed by atoms with E-state index in [-0.39, 0.29) is 6.04 Å². The van der Waals surface area contributed by atoms with Gasteiger partial charge in [0.05, 0.1) is 5.56 Å². The lowest BCUT2D eigenvalue weighted by atomic mass is 9.96. The maximum absolute atomic E-state index is 12.6.